The lowest BCUT2D eigenvalue weighted by atomic mass is 9.89. The lowest BCUT2D eigenvalue weighted by molar-refractivity contribution is -0.0820. The second-order valence-corrected chi connectivity index (χ2v) is 6.95. The van der Waals surface area contributed by atoms with Crippen molar-refractivity contribution in [2.75, 3.05) is 19.8 Å². The molecule has 2 unspecified atom stereocenters. The molecule has 2 fully saturated rings. The van der Waals surface area contributed by atoms with E-state index in [1.54, 1.807) is 0 Å². The van der Waals surface area contributed by atoms with E-state index in [0.717, 1.165) is 51.6 Å². The smallest absolute Gasteiger partial charge is 0.315 e. The Balaban J connectivity index is 1.71. The molecule has 2 atom stereocenters. The van der Waals surface area contributed by atoms with Gasteiger partial charge in [-0.15, -0.1) is 0 Å². The first-order valence-corrected chi connectivity index (χ1v) is 8.96. The van der Waals surface area contributed by atoms with Gasteiger partial charge in [-0.05, 0) is 44.4 Å². The first-order chi connectivity index (χ1) is 10.7. The molecule has 1 spiro atoms. The summed E-state index contributed by atoms with van der Waals surface area (Å²) < 4.78 is 6.00. The summed E-state index contributed by atoms with van der Waals surface area (Å²) in [6.07, 6.45) is 9.52. The molecule has 22 heavy (non-hydrogen) atoms. The van der Waals surface area contributed by atoms with Crippen LogP contribution in [0.1, 0.15) is 64.7 Å². The van der Waals surface area contributed by atoms with Gasteiger partial charge in [0, 0.05) is 25.8 Å². The minimum Gasteiger partial charge on any atom is -0.396 e. The van der Waals surface area contributed by atoms with Gasteiger partial charge in [-0.1, -0.05) is 26.2 Å². The molecule has 3 N–H and O–H groups in total. The maximum absolute atomic E-state index is 12.1. The number of urea groups is 1. The third-order valence-corrected chi connectivity index (χ3v) is 5.13. The Labute approximate surface area is 134 Å². The topological polar surface area (TPSA) is 70.6 Å². The third-order valence-electron chi connectivity index (χ3n) is 5.13. The summed E-state index contributed by atoms with van der Waals surface area (Å²) >= 11 is 0. The van der Waals surface area contributed by atoms with Crippen molar-refractivity contribution < 1.29 is 14.6 Å². The van der Waals surface area contributed by atoms with E-state index in [-0.39, 0.29) is 24.3 Å². The largest absolute Gasteiger partial charge is 0.396 e. The van der Waals surface area contributed by atoms with Gasteiger partial charge >= 0.3 is 6.03 Å². The van der Waals surface area contributed by atoms with E-state index >= 15 is 0 Å². The fourth-order valence-corrected chi connectivity index (χ4v) is 3.93. The van der Waals surface area contributed by atoms with Gasteiger partial charge in [0.2, 0.25) is 0 Å². The minimum absolute atomic E-state index is 0.0395. The molecule has 0 bridgehead atoms. The van der Waals surface area contributed by atoms with Crippen LogP contribution in [0.25, 0.3) is 0 Å². The highest BCUT2D eigenvalue weighted by molar-refractivity contribution is 5.74. The molecule has 1 saturated carbocycles. The summed E-state index contributed by atoms with van der Waals surface area (Å²) in [5.74, 6) is 0.372. The molecule has 5 nitrogen and oxygen atoms in total. The van der Waals surface area contributed by atoms with Crippen molar-refractivity contribution in [3.05, 3.63) is 0 Å². The minimum atomic E-state index is -0.0703. The summed E-state index contributed by atoms with van der Waals surface area (Å²) in [7, 11) is 0. The fourth-order valence-electron chi connectivity index (χ4n) is 3.93. The summed E-state index contributed by atoms with van der Waals surface area (Å²) in [5, 5.41) is 15.2. The number of carbonyl (C=O) groups excluding carboxylic acids is 1. The van der Waals surface area contributed by atoms with Crippen LogP contribution in [0.3, 0.4) is 0 Å². The van der Waals surface area contributed by atoms with Gasteiger partial charge < -0.3 is 20.5 Å². The molecule has 1 saturated heterocycles. The molecule has 0 radical (unpaired) electrons. The first-order valence-electron chi connectivity index (χ1n) is 8.96. The van der Waals surface area contributed by atoms with Gasteiger partial charge in [0.15, 0.2) is 0 Å². The van der Waals surface area contributed by atoms with Crippen molar-refractivity contribution in [3.63, 3.8) is 0 Å². The number of amides is 2. The second-order valence-electron chi connectivity index (χ2n) is 6.95. The number of ether oxygens (including phenoxy) is 1. The van der Waals surface area contributed by atoms with E-state index in [4.69, 9.17) is 9.84 Å². The van der Waals surface area contributed by atoms with Crippen LogP contribution in [0.15, 0.2) is 0 Å². The Bertz CT molecular complexity index is 337. The van der Waals surface area contributed by atoms with E-state index in [2.05, 4.69) is 17.6 Å². The Kier molecular flexibility index (Phi) is 6.96. The van der Waals surface area contributed by atoms with Gasteiger partial charge in [0.1, 0.15) is 0 Å². The van der Waals surface area contributed by atoms with Crippen LogP contribution in [0.5, 0.6) is 0 Å². The van der Waals surface area contributed by atoms with E-state index in [9.17, 15) is 4.79 Å². The molecule has 1 aliphatic carbocycles. The van der Waals surface area contributed by atoms with E-state index < -0.39 is 0 Å². The van der Waals surface area contributed by atoms with Gasteiger partial charge in [-0.25, -0.2) is 4.79 Å². The number of rotatable bonds is 7. The highest BCUT2D eigenvalue weighted by Gasteiger charge is 2.40. The van der Waals surface area contributed by atoms with Gasteiger partial charge in [-0.3, -0.25) is 0 Å². The molecule has 2 amide bonds. The predicted octanol–water partition coefficient (Wildman–Crippen LogP) is 2.58. The van der Waals surface area contributed by atoms with Crippen LogP contribution in [0, 0.1) is 5.92 Å². The SMILES string of the molecule is CCCC(CCO)CNC(=O)NC1CCOC2(CCCC2)C1. The molecule has 0 aromatic carbocycles. The summed E-state index contributed by atoms with van der Waals surface area (Å²) in [6, 6.07) is 0.161. The van der Waals surface area contributed by atoms with Crippen molar-refractivity contribution in [1.82, 2.24) is 10.6 Å². The molecule has 1 heterocycles. The van der Waals surface area contributed by atoms with E-state index in [1.807, 2.05) is 0 Å². The average molecular weight is 312 g/mol. The van der Waals surface area contributed by atoms with Gasteiger partial charge in [0.25, 0.3) is 0 Å². The number of nitrogens with one attached hydrogen (secondary N) is 2. The first kappa shape index (κ1) is 17.5. The molecular formula is C17H32N2O3. The summed E-state index contributed by atoms with van der Waals surface area (Å²) in [5.41, 5.74) is 0.0395. The number of hydrogen-bond acceptors (Lipinski definition) is 3. The van der Waals surface area contributed by atoms with Crippen molar-refractivity contribution in [2.45, 2.75) is 76.4 Å². The van der Waals surface area contributed by atoms with Crippen LogP contribution in [-0.2, 0) is 4.74 Å². The highest BCUT2D eigenvalue weighted by Crippen LogP contribution is 2.39. The normalized spacial score (nSPS) is 25.1. The zero-order valence-corrected chi connectivity index (χ0v) is 13.9. The standard InChI is InChI=1S/C17H32N2O3/c1-2-5-14(6-10-20)13-18-16(21)19-15-7-11-22-17(12-15)8-3-4-9-17/h14-15,20H,2-13H2,1H3,(H2,18,19,21). The Morgan fingerprint density at radius 3 is 2.82 bits per heavy atom. The monoisotopic (exact) mass is 312 g/mol. The van der Waals surface area contributed by atoms with Crippen LogP contribution in [0.4, 0.5) is 4.79 Å². The van der Waals surface area contributed by atoms with Crippen LogP contribution in [0.2, 0.25) is 0 Å². The average Bonchev–Trinajstić information content (AvgIpc) is 2.93. The zero-order chi connectivity index (χ0) is 15.8. The third kappa shape index (κ3) is 5.13. The molecule has 0 aromatic rings. The lowest BCUT2D eigenvalue weighted by Gasteiger charge is -2.38. The highest BCUT2D eigenvalue weighted by atomic mass is 16.5. The molecular weight excluding hydrogens is 280 g/mol. The fraction of sp³-hybridized carbons (Fsp3) is 0.941. The molecule has 5 heteroatoms. The van der Waals surface area contributed by atoms with Crippen molar-refractivity contribution in [3.8, 4) is 0 Å². The molecule has 128 valence electrons. The number of carbonyl (C=O) groups is 1. The van der Waals surface area contributed by atoms with Crippen molar-refractivity contribution in [2.24, 2.45) is 5.92 Å². The molecule has 2 aliphatic rings. The Morgan fingerprint density at radius 1 is 1.36 bits per heavy atom. The summed E-state index contributed by atoms with van der Waals surface area (Å²) in [6.45, 7) is 3.73. The maximum Gasteiger partial charge on any atom is 0.315 e. The van der Waals surface area contributed by atoms with Gasteiger partial charge in [0.05, 0.1) is 5.60 Å². The molecule has 1 aliphatic heterocycles. The number of aliphatic hydroxyl groups excluding tert-OH is 1. The van der Waals surface area contributed by atoms with Gasteiger partial charge in [-0.2, -0.15) is 0 Å². The van der Waals surface area contributed by atoms with Crippen LogP contribution in [-0.4, -0.2) is 42.5 Å². The quantitative estimate of drug-likeness (QED) is 0.676. The van der Waals surface area contributed by atoms with Crippen LogP contribution < -0.4 is 10.6 Å². The number of aliphatic hydroxyl groups is 1. The molecule has 0 aromatic heterocycles. The predicted molar refractivity (Wildman–Crippen MR) is 86.8 cm³/mol. The van der Waals surface area contributed by atoms with E-state index in [1.165, 1.54) is 12.8 Å². The van der Waals surface area contributed by atoms with Crippen molar-refractivity contribution >= 4 is 6.03 Å². The number of hydrogen-bond donors (Lipinski definition) is 3. The summed E-state index contributed by atoms with van der Waals surface area (Å²) in [4.78, 5) is 12.1. The Hall–Kier alpha value is -0.810. The second kappa shape index (κ2) is 8.73. The lowest BCUT2D eigenvalue weighted by Crippen LogP contribution is -2.50. The molecule has 2 rings (SSSR count). The maximum atomic E-state index is 12.1. The zero-order valence-electron chi connectivity index (χ0n) is 13.9. The van der Waals surface area contributed by atoms with E-state index in [0.29, 0.717) is 12.5 Å². The Morgan fingerprint density at radius 2 is 2.14 bits per heavy atom. The van der Waals surface area contributed by atoms with Crippen LogP contribution >= 0.6 is 0 Å². The van der Waals surface area contributed by atoms with Crippen molar-refractivity contribution in [1.29, 1.82) is 0 Å².